The van der Waals surface area contributed by atoms with Crippen molar-refractivity contribution in [3.8, 4) is 5.75 Å². The molecule has 1 unspecified atom stereocenters. The number of esters is 2. The third-order valence-electron chi connectivity index (χ3n) is 7.63. The van der Waals surface area contributed by atoms with Crippen LogP contribution in [0.25, 0.3) is 0 Å². The van der Waals surface area contributed by atoms with Crippen LogP contribution >= 0.6 is 0 Å². The predicted octanol–water partition coefficient (Wildman–Crippen LogP) is 3.51. The summed E-state index contributed by atoms with van der Waals surface area (Å²) in [6.45, 7) is 1.65. The van der Waals surface area contributed by atoms with E-state index in [1.807, 2.05) is 30.3 Å². The highest BCUT2D eigenvalue weighted by atomic mass is 16.5. The van der Waals surface area contributed by atoms with Crippen LogP contribution in [0.4, 0.5) is 5.69 Å². The number of ether oxygens (including phenoxy) is 3. The molecule has 234 valence electrons. The van der Waals surface area contributed by atoms with Crippen molar-refractivity contribution in [2.24, 2.45) is 0 Å². The third kappa shape index (κ3) is 7.38. The van der Waals surface area contributed by atoms with E-state index in [4.69, 9.17) is 14.2 Å². The van der Waals surface area contributed by atoms with Crippen LogP contribution in [0.1, 0.15) is 52.5 Å². The number of rotatable bonds is 13. The van der Waals surface area contributed by atoms with Gasteiger partial charge < -0.3 is 14.2 Å². The molecule has 2 heterocycles. The average Bonchev–Trinajstić information content (AvgIpc) is 3.22. The molecule has 0 radical (unpaired) electrons. The minimum atomic E-state index is -0.982. The van der Waals surface area contributed by atoms with E-state index in [1.54, 1.807) is 55.5 Å². The number of nitrogens with zero attached hydrogens (tertiary/aromatic N) is 2. The topological polar surface area (TPSA) is 132 Å². The van der Waals surface area contributed by atoms with Gasteiger partial charge in [0.1, 0.15) is 37.6 Å². The second-order valence-electron chi connectivity index (χ2n) is 10.7. The van der Waals surface area contributed by atoms with Crippen molar-refractivity contribution < 1.29 is 38.2 Å². The Morgan fingerprint density at radius 2 is 1.53 bits per heavy atom. The number of unbranched alkanes of at least 4 members (excludes halogenated alkanes) is 1. The van der Waals surface area contributed by atoms with Gasteiger partial charge in [-0.25, -0.2) is 0 Å². The van der Waals surface area contributed by atoms with E-state index in [1.165, 1.54) is 9.80 Å². The Balaban J connectivity index is 1.23. The van der Waals surface area contributed by atoms with E-state index in [2.05, 4.69) is 5.32 Å². The molecule has 0 fully saturated rings. The van der Waals surface area contributed by atoms with Gasteiger partial charge in [-0.1, -0.05) is 54.6 Å². The van der Waals surface area contributed by atoms with Crippen molar-refractivity contribution in [1.29, 1.82) is 0 Å². The number of nitrogens with one attached hydrogen (secondary N) is 1. The molecule has 0 aromatic heterocycles. The van der Waals surface area contributed by atoms with Gasteiger partial charge in [-0.2, -0.15) is 0 Å². The van der Waals surface area contributed by atoms with E-state index in [0.717, 1.165) is 5.56 Å². The quantitative estimate of drug-likeness (QED) is 0.175. The smallest absolute Gasteiger partial charge is 0.326 e. The van der Waals surface area contributed by atoms with Gasteiger partial charge in [-0.05, 0) is 56.0 Å². The SMILES string of the molecule is CCOC(=O)[C@H](CCCCN1C(=O)c2ccccc2C1=O)NC1COc2ccccc2N(CC(=O)OCc2ccccc2)C1=O. The highest BCUT2D eigenvalue weighted by Crippen LogP contribution is 2.31. The van der Waals surface area contributed by atoms with Crippen molar-refractivity contribution >= 4 is 35.3 Å². The number of fused-ring (bicyclic) bond motifs is 2. The number of benzene rings is 3. The van der Waals surface area contributed by atoms with E-state index in [0.29, 0.717) is 35.4 Å². The zero-order chi connectivity index (χ0) is 31.8. The summed E-state index contributed by atoms with van der Waals surface area (Å²) in [5.41, 5.74) is 2.00. The molecular weight excluding hydrogens is 578 g/mol. The molecule has 3 aromatic rings. The standard InChI is InChI=1S/C34H35N3O8/c1-2-43-34(42)26(16-10-11-19-36-31(39)24-14-6-7-15-25(24)32(36)40)35-27-22-44-29-18-9-8-17-28(29)37(33(27)41)20-30(38)45-21-23-12-4-3-5-13-23/h3-9,12-15,17-18,26-27,35H,2,10-11,16,19-22H2,1H3/t26-,27?/m0/s1. The van der Waals surface area contributed by atoms with Crippen LogP contribution in [0.5, 0.6) is 5.75 Å². The predicted molar refractivity (Wildman–Crippen MR) is 164 cm³/mol. The highest BCUT2D eigenvalue weighted by molar-refractivity contribution is 6.21. The van der Waals surface area contributed by atoms with Gasteiger partial charge in [0, 0.05) is 6.54 Å². The van der Waals surface area contributed by atoms with E-state index in [-0.39, 0.29) is 51.1 Å². The first-order valence-electron chi connectivity index (χ1n) is 15.0. The maximum atomic E-state index is 13.9. The Morgan fingerprint density at radius 3 is 2.24 bits per heavy atom. The lowest BCUT2D eigenvalue weighted by molar-refractivity contribution is -0.147. The van der Waals surface area contributed by atoms with Gasteiger partial charge >= 0.3 is 11.9 Å². The van der Waals surface area contributed by atoms with Crippen LogP contribution in [-0.4, -0.2) is 72.9 Å². The van der Waals surface area contributed by atoms with Crippen LogP contribution in [0.2, 0.25) is 0 Å². The lowest BCUT2D eigenvalue weighted by Crippen LogP contribution is -2.55. The summed E-state index contributed by atoms with van der Waals surface area (Å²) < 4.78 is 16.7. The van der Waals surface area contributed by atoms with Crippen molar-refractivity contribution in [3.63, 3.8) is 0 Å². The van der Waals surface area contributed by atoms with E-state index in [9.17, 15) is 24.0 Å². The molecule has 3 amide bonds. The lowest BCUT2D eigenvalue weighted by Gasteiger charge is -2.26. The van der Waals surface area contributed by atoms with Gasteiger partial charge in [-0.15, -0.1) is 0 Å². The fraction of sp³-hybridized carbons (Fsp3) is 0.324. The van der Waals surface area contributed by atoms with Gasteiger partial charge in [0.15, 0.2) is 0 Å². The van der Waals surface area contributed by atoms with Crippen LogP contribution in [0, 0.1) is 0 Å². The first-order valence-corrected chi connectivity index (χ1v) is 15.0. The lowest BCUT2D eigenvalue weighted by atomic mass is 10.1. The third-order valence-corrected chi connectivity index (χ3v) is 7.63. The molecule has 0 bridgehead atoms. The van der Waals surface area contributed by atoms with E-state index < -0.39 is 29.9 Å². The van der Waals surface area contributed by atoms with Crippen molar-refractivity contribution in [2.75, 3.05) is 31.2 Å². The molecule has 0 saturated heterocycles. The molecule has 2 aliphatic heterocycles. The fourth-order valence-corrected chi connectivity index (χ4v) is 5.36. The normalized spacial score (nSPS) is 16.4. The summed E-state index contributed by atoms with van der Waals surface area (Å²) >= 11 is 0. The molecule has 3 aromatic carbocycles. The molecule has 45 heavy (non-hydrogen) atoms. The summed E-state index contributed by atoms with van der Waals surface area (Å²) in [5.74, 6) is -1.85. The van der Waals surface area contributed by atoms with Crippen LogP contribution in [-0.2, 0) is 30.5 Å². The number of hydrogen-bond donors (Lipinski definition) is 1. The van der Waals surface area contributed by atoms with E-state index >= 15 is 0 Å². The second kappa shape index (κ2) is 14.6. The molecule has 0 saturated carbocycles. The summed E-state index contributed by atoms with van der Waals surface area (Å²) in [4.78, 5) is 67.6. The Morgan fingerprint density at radius 1 is 0.867 bits per heavy atom. The summed E-state index contributed by atoms with van der Waals surface area (Å²) in [7, 11) is 0. The zero-order valence-corrected chi connectivity index (χ0v) is 25.0. The maximum Gasteiger partial charge on any atom is 0.326 e. The zero-order valence-electron chi connectivity index (χ0n) is 25.0. The molecular formula is C34H35N3O8. The summed E-state index contributed by atoms with van der Waals surface area (Å²) in [5, 5.41) is 3.10. The second-order valence-corrected chi connectivity index (χ2v) is 10.7. The number of amides is 3. The van der Waals surface area contributed by atoms with Crippen molar-refractivity contribution in [3.05, 3.63) is 95.6 Å². The van der Waals surface area contributed by atoms with Crippen LogP contribution in [0.3, 0.4) is 0 Å². The molecule has 11 heteroatoms. The summed E-state index contributed by atoms with van der Waals surface area (Å²) in [6.07, 6.45) is 1.18. The maximum absolute atomic E-state index is 13.9. The van der Waals surface area contributed by atoms with Crippen molar-refractivity contribution in [2.45, 2.75) is 44.9 Å². The first-order chi connectivity index (χ1) is 21.9. The number of carbonyl (C=O) groups excluding carboxylic acids is 5. The number of anilines is 1. The van der Waals surface area contributed by atoms with Gasteiger partial charge in [0.05, 0.1) is 23.4 Å². The molecule has 1 N–H and O–H groups in total. The molecule has 2 atom stereocenters. The van der Waals surface area contributed by atoms with Crippen molar-refractivity contribution in [1.82, 2.24) is 10.2 Å². The van der Waals surface area contributed by atoms with Gasteiger partial charge in [0.25, 0.3) is 11.8 Å². The highest BCUT2D eigenvalue weighted by Gasteiger charge is 2.37. The molecule has 11 nitrogen and oxygen atoms in total. The fourth-order valence-electron chi connectivity index (χ4n) is 5.36. The first kappa shape index (κ1) is 31.4. The number of para-hydroxylation sites is 2. The number of carbonyl (C=O) groups is 5. The molecule has 2 aliphatic rings. The Hall–Kier alpha value is -5.03. The van der Waals surface area contributed by atoms with Gasteiger partial charge in [-0.3, -0.25) is 39.1 Å². The molecule has 0 spiro atoms. The minimum absolute atomic E-state index is 0.0627. The summed E-state index contributed by atoms with van der Waals surface area (Å²) in [6, 6.07) is 20.9. The molecule has 0 aliphatic carbocycles. The monoisotopic (exact) mass is 613 g/mol. The van der Waals surface area contributed by atoms with Crippen LogP contribution < -0.4 is 15.0 Å². The Labute approximate surface area is 261 Å². The molecule has 5 rings (SSSR count). The largest absolute Gasteiger partial charge is 0.489 e. The minimum Gasteiger partial charge on any atom is -0.489 e. The Kier molecular flexibility index (Phi) is 10.2. The number of imide groups is 1. The Bertz CT molecular complexity index is 1520. The number of hydrogen-bond acceptors (Lipinski definition) is 9. The van der Waals surface area contributed by atoms with Gasteiger partial charge in [0.2, 0.25) is 5.91 Å². The van der Waals surface area contributed by atoms with Crippen LogP contribution in [0.15, 0.2) is 78.9 Å². The average molecular weight is 614 g/mol.